The Balaban J connectivity index is 2.68. The van der Waals surface area contributed by atoms with Crippen LogP contribution in [-0.4, -0.2) is 29.6 Å². The van der Waals surface area contributed by atoms with Gasteiger partial charge in [0.1, 0.15) is 0 Å². The Bertz CT molecular complexity index is 481. The summed E-state index contributed by atoms with van der Waals surface area (Å²) in [6.07, 6.45) is -1.03. The van der Waals surface area contributed by atoms with Crippen LogP contribution in [0.15, 0.2) is 24.3 Å². The van der Waals surface area contributed by atoms with Gasteiger partial charge in [-0.15, -0.1) is 0 Å². The molecule has 7 nitrogen and oxygen atoms in total. The molecule has 0 spiro atoms. The minimum Gasteiger partial charge on any atom is -0.463 e. The maximum Gasteiger partial charge on any atom is 0.347 e. The summed E-state index contributed by atoms with van der Waals surface area (Å²) >= 11 is 0. The topological polar surface area (TPSA) is 95.7 Å². The normalized spacial score (nSPS) is 11.5. The number of hydrogen-bond acceptors (Lipinski definition) is 6. The Morgan fingerprint density at radius 1 is 1.32 bits per heavy atom. The number of nitrogens with zero attached hydrogens (tertiary/aromatic N) is 1. The van der Waals surface area contributed by atoms with E-state index < -0.39 is 23.0 Å². The summed E-state index contributed by atoms with van der Waals surface area (Å²) in [7, 11) is 0. The van der Waals surface area contributed by atoms with E-state index in [1.807, 2.05) is 0 Å². The average molecular weight is 267 g/mol. The van der Waals surface area contributed by atoms with Crippen LogP contribution in [0.1, 0.15) is 24.2 Å². The van der Waals surface area contributed by atoms with Crippen molar-refractivity contribution in [1.29, 1.82) is 0 Å². The lowest BCUT2D eigenvalue weighted by atomic mass is 10.2. The van der Waals surface area contributed by atoms with E-state index >= 15 is 0 Å². The van der Waals surface area contributed by atoms with E-state index in [9.17, 15) is 19.7 Å². The smallest absolute Gasteiger partial charge is 0.347 e. The summed E-state index contributed by atoms with van der Waals surface area (Å²) in [5.74, 6) is -1.38. The van der Waals surface area contributed by atoms with E-state index in [-0.39, 0.29) is 17.9 Å². The lowest BCUT2D eigenvalue weighted by molar-refractivity contribution is -0.384. The Morgan fingerprint density at radius 3 is 2.37 bits per heavy atom. The highest BCUT2D eigenvalue weighted by atomic mass is 16.6. The average Bonchev–Trinajstić information content (AvgIpc) is 2.38. The second-order valence-electron chi connectivity index (χ2n) is 3.60. The minimum absolute atomic E-state index is 0.127. The summed E-state index contributed by atoms with van der Waals surface area (Å²) in [6, 6.07) is 4.90. The molecular weight excluding hydrogens is 254 g/mol. The van der Waals surface area contributed by atoms with E-state index in [4.69, 9.17) is 4.74 Å². The van der Waals surface area contributed by atoms with Gasteiger partial charge in [0.15, 0.2) is 6.10 Å². The standard InChI is InChI=1S/C12H13NO6/c1-3-18-11(14)8(2)19-12(15)9-4-6-10(7-5-9)13(16)17/h4-8H,3H2,1-2H3/t8-/m1/s1. The van der Waals surface area contributed by atoms with Crippen LogP contribution < -0.4 is 0 Å². The number of carbonyl (C=O) groups is 2. The summed E-state index contributed by atoms with van der Waals surface area (Å²) in [6.45, 7) is 3.22. The summed E-state index contributed by atoms with van der Waals surface area (Å²) in [4.78, 5) is 32.8. The maximum absolute atomic E-state index is 11.6. The fourth-order valence-electron chi connectivity index (χ4n) is 1.26. The molecule has 0 bridgehead atoms. The molecule has 7 heteroatoms. The van der Waals surface area contributed by atoms with Gasteiger partial charge in [0.2, 0.25) is 0 Å². The van der Waals surface area contributed by atoms with Gasteiger partial charge in [-0.1, -0.05) is 0 Å². The van der Waals surface area contributed by atoms with Crippen molar-refractivity contribution in [2.45, 2.75) is 20.0 Å². The highest BCUT2D eigenvalue weighted by Crippen LogP contribution is 2.13. The van der Waals surface area contributed by atoms with Crippen LogP contribution in [0.4, 0.5) is 5.69 Å². The molecule has 0 aliphatic heterocycles. The van der Waals surface area contributed by atoms with Crippen LogP contribution in [-0.2, 0) is 14.3 Å². The minimum atomic E-state index is -1.03. The van der Waals surface area contributed by atoms with Gasteiger partial charge in [0.05, 0.1) is 17.1 Å². The molecule has 19 heavy (non-hydrogen) atoms. The third-order valence-electron chi connectivity index (χ3n) is 2.22. The number of hydrogen-bond donors (Lipinski definition) is 0. The molecule has 0 N–H and O–H groups in total. The van der Waals surface area contributed by atoms with Crippen LogP contribution in [0.5, 0.6) is 0 Å². The van der Waals surface area contributed by atoms with E-state index in [0.29, 0.717) is 0 Å². The number of rotatable bonds is 5. The molecule has 0 heterocycles. The predicted molar refractivity (Wildman–Crippen MR) is 64.6 cm³/mol. The molecule has 1 aromatic rings. The first-order valence-corrected chi connectivity index (χ1v) is 5.57. The van der Waals surface area contributed by atoms with E-state index in [1.165, 1.54) is 31.2 Å². The molecule has 0 saturated heterocycles. The molecule has 0 aliphatic rings. The molecule has 0 radical (unpaired) electrons. The van der Waals surface area contributed by atoms with Gasteiger partial charge in [-0.25, -0.2) is 9.59 Å². The van der Waals surface area contributed by atoms with Crippen molar-refractivity contribution in [3.8, 4) is 0 Å². The van der Waals surface area contributed by atoms with Crippen LogP contribution in [0.2, 0.25) is 0 Å². The molecule has 0 aromatic heterocycles. The van der Waals surface area contributed by atoms with E-state index in [1.54, 1.807) is 6.92 Å². The molecule has 1 rings (SSSR count). The van der Waals surface area contributed by atoms with Crippen LogP contribution in [0.25, 0.3) is 0 Å². The van der Waals surface area contributed by atoms with Gasteiger partial charge >= 0.3 is 11.9 Å². The molecular formula is C12H13NO6. The number of esters is 2. The van der Waals surface area contributed by atoms with E-state index in [2.05, 4.69) is 4.74 Å². The monoisotopic (exact) mass is 267 g/mol. The molecule has 0 unspecified atom stereocenters. The van der Waals surface area contributed by atoms with E-state index in [0.717, 1.165) is 0 Å². The molecule has 0 amide bonds. The zero-order valence-corrected chi connectivity index (χ0v) is 10.5. The van der Waals surface area contributed by atoms with Gasteiger partial charge in [-0.05, 0) is 26.0 Å². The molecule has 0 fully saturated rings. The van der Waals surface area contributed by atoms with Gasteiger partial charge in [-0.3, -0.25) is 10.1 Å². The lowest BCUT2D eigenvalue weighted by Crippen LogP contribution is -2.26. The molecule has 0 aliphatic carbocycles. The summed E-state index contributed by atoms with van der Waals surface area (Å²) in [5.41, 5.74) is -0.00302. The second kappa shape index (κ2) is 6.48. The van der Waals surface area contributed by atoms with Crippen molar-refractivity contribution >= 4 is 17.6 Å². The van der Waals surface area contributed by atoms with Crippen molar-refractivity contribution in [2.75, 3.05) is 6.61 Å². The van der Waals surface area contributed by atoms with Gasteiger partial charge in [0.25, 0.3) is 5.69 Å². The molecule has 1 atom stereocenters. The fourth-order valence-corrected chi connectivity index (χ4v) is 1.26. The molecule has 1 aromatic carbocycles. The largest absolute Gasteiger partial charge is 0.463 e. The van der Waals surface area contributed by atoms with Crippen molar-refractivity contribution in [1.82, 2.24) is 0 Å². The Labute approximate surface area is 109 Å². The first-order chi connectivity index (χ1) is 8.95. The number of ether oxygens (including phenoxy) is 2. The fraction of sp³-hybridized carbons (Fsp3) is 0.333. The van der Waals surface area contributed by atoms with Gasteiger partial charge in [0, 0.05) is 12.1 Å². The number of nitro benzene ring substituents is 1. The highest BCUT2D eigenvalue weighted by Gasteiger charge is 2.20. The third-order valence-corrected chi connectivity index (χ3v) is 2.22. The van der Waals surface area contributed by atoms with Crippen LogP contribution in [0.3, 0.4) is 0 Å². The van der Waals surface area contributed by atoms with Crippen molar-refractivity contribution in [2.24, 2.45) is 0 Å². The first kappa shape index (κ1) is 14.6. The van der Waals surface area contributed by atoms with Crippen molar-refractivity contribution < 1.29 is 24.0 Å². The van der Waals surface area contributed by atoms with Crippen LogP contribution in [0, 0.1) is 10.1 Å². The Hall–Kier alpha value is -2.44. The lowest BCUT2D eigenvalue weighted by Gasteiger charge is -2.11. The number of nitro groups is 1. The van der Waals surface area contributed by atoms with Crippen molar-refractivity contribution in [3.05, 3.63) is 39.9 Å². The molecule has 0 saturated carbocycles. The number of benzene rings is 1. The van der Waals surface area contributed by atoms with Crippen molar-refractivity contribution in [3.63, 3.8) is 0 Å². The summed E-state index contributed by atoms with van der Waals surface area (Å²) < 4.78 is 9.55. The number of non-ortho nitro benzene ring substituents is 1. The third kappa shape index (κ3) is 4.06. The first-order valence-electron chi connectivity index (χ1n) is 5.57. The highest BCUT2D eigenvalue weighted by molar-refractivity contribution is 5.91. The quantitative estimate of drug-likeness (QED) is 0.457. The van der Waals surface area contributed by atoms with Crippen LogP contribution >= 0.6 is 0 Å². The Morgan fingerprint density at radius 2 is 1.89 bits per heavy atom. The summed E-state index contributed by atoms with van der Waals surface area (Å²) in [5, 5.41) is 10.4. The van der Waals surface area contributed by atoms with Gasteiger partial charge in [-0.2, -0.15) is 0 Å². The zero-order valence-electron chi connectivity index (χ0n) is 10.5. The maximum atomic E-state index is 11.6. The number of carbonyl (C=O) groups excluding carboxylic acids is 2. The predicted octanol–water partition coefficient (Wildman–Crippen LogP) is 1.70. The molecule has 102 valence electrons. The van der Waals surface area contributed by atoms with Gasteiger partial charge < -0.3 is 9.47 Å². The Kier molecular flexibility index (Phi) is 4.99. The zero-order chi connectivity index (χ0) is 14.4. The SMILES string of the molecule is CCOC(=O)[C@@H](C)OC(=O)c1ccc([N+](=O)[O-])cc1. The second-order valence-corrected chi connectivity index (χ2v) is 3.60.